The van der Waals surface area contributed by atoms with Gasteiger partial charge in [0.25, 0.3) is 0 Å². The Labute approximate surface area is 109 Å². The molecule has 3 N–H and O–H groups in total. The zero-order valence-electron chi connectivity index (χ0n) is 10.8. The molecule has 0 amide bonds. The topological polar surface area (TPSA) is 111 Å². The fraction of sp³-hybridized carbons (Fsp3) is 0.273. The van der Waals surface area contributed by atoms with E-state index < -0.39 is 0 Å². The molecule has 19 heavy (non-hydrogen) atoms. The molecule has 0 fully saturated rings. The van der Waals surface area contributed by atoms with Crippen molar-refractivity contribution in [3.8, 4) is 11.6 Å². The van der Waals surface area contributed by atoms with Crippen LogP contribution in [0.1, 0.15) is 17.1 Å². The lowest BCUT2D eigenvalue weighted by Crippen LogP contribution is -2.16. The van der Waals surface area contributed by atoms with E-state index in [0.717, 1.165) is 11.4 Å². The summed E-state index contributed by atoms with van der Waals surface area (Å²) in [5.74, 6) is 0.578. The van der Waals surface area contributed by atoms with Crippen LogP contribution in [0.3, 0.4) is 0 Å². The summed E-state index contributed by atoms with van der Waals surface area (Å²) in [5, 5.41) is 15.9. The van der Waals surface area contributed by atoms with E-state index >= 15 is 0 Å². The molecule has 0 aromatic carbocycles. The van der Waals surface area contributed by atoms with E-state index in [4.69, 9.17) is 15.7 Å². The van der Waals surface area contributed by atoms with Crippen molar-refractivity contribution >= 4 is 5.84 Å². The predicted octanol–water partition coefficient (Wildman–Crippen LogP) is 0.714. The van der Waals surface area contributed by atoms with Crippen molar-refractivity contribution in [2.45, 2.75) is 13.8 Å². The second-order valence-electron chi connectivity index (χ2n) is 3.92. The van der Waals surface area contributed by atoms with Crippen LogP contribution in [0.15, 0.2) is 17.5 Å². The molecule has 0 aliphatic heterocycles. The van der Waals surface area contributed by atoms with Gasteiger partial charge in [0.1, 0.15) is 5.69 Å². The van der Waals surface area contributed by atoms with Crippen molar-refractivity contribution in [3.63, 3.8) is 0 Å². The number of aryl methyl sites for hydroxylation is 2. The number of oxime groups is 1. The molecule has 0 aliphatic rings. The minimum absolute atomic E-state index is 0.164. The van der Waals surface area contributed by atoms with E-state index in [-0.39, 0.29) is 17.4 Å². The van der Waals surface area contributed by atoms with Crippen LogP contribution < -0.4 is 10.5 Å². The minimum Gasteiger partial charge on any atom is -0.433 e. The van der Waals surface area contributed by atoms with Crippen molar-refractivity contribution in [2.24, 2.45) is 17.9 Å². The molecule has 0 atom stereocenters. The van der Waals surface area contributed by atoms with Gasteiger partial charge in [0.05, 0.1) is 5.69 Å². The molecule has 0 spiro atoms. The largest absolute Gasteiger partial charge is 0.433 e. The van der Waals surface area contributed by atoms with Crippen LogP contribution in [0.2, 0.25) is 0 Å². The minimum atomic E-state index is -0.165. The van der Waals surface area contributed by atoms with E-state index in [1.807, 2.05) is 20.9 Å². The molecule has 0 saturated heterocycles. The highest BCUT2D eigenvalue weighted by Crippen LogP contribution is 2.27. The molecule has 0 saturated carbocycles. The maximum atomic E-state index is 8.72. The maximum Gasteiger partial charge on any atom is 0.249 e. The second kappa shape index (κ2) is 4.92. The number of ether oxygens (including phenoxy) is 1. The van der Waals surface area contributed by atoms with Gasteiger partial charge in [-0.1, -0.05) is 5.16 Å². The van der Waals surface area contributed by atoms with Crippen molar-refractivity contribution in [1.29, 1.82) is 0 Å². The Hall–Kier alpha value is -2.64. The molecular formula is C11H14N6O2. The summed E-state index contributed by atoms with van der Waals surface area (Å²) in [6, 6.07) is 0. The zero-order chi connectivity index (χ0) is 14.0. The number of amidine groups is 1. The fourth-order valence-electron chi connectivity index (χ4n) is 1.62. The summed E-state index contributed by atoms with van der Waals surface area (Å²) in [4.78, 5) is 8.02. The van der Waals surface area contributed by atoms with Gasteiger partial charge in [0.2, 0.25) is 5.88 Å². The number of nitrogens with two attached hydrogens (primary N) is 1. The Bertz CT molecular complexity index is 634. The van der Waals surface area contributed by atoms with E-state index in [1.165, 1.54) is 12.4 Å². The summed E-state index contributed by atoms with van der Waals surface area (Å²) >= 11 is 0. The van der Waals surface area contributed by atoms with Crippen molar-refractivity contribution in [2.75, 3.05) is 0 Å². The Morgan fingerprint density at radius 2 is 2.05 bits per heavy atom. The smallest absolute Gasteiger partial charge is 0.249 e. The van der Waals surface area contributed by atoms with Gasteiger partial charge < -0.3 is 15.7 Å². The first-order valence-electron chi connectivity index (χ1n) is 5.51. The lowest BCUT2D eigenvalue weighted by atomic mass is 10.3. The molecule has 0 aliphatic carbocycles. The molecular weight excluding hydrogens is 248 g/mol. The third-order valence-electron chi connectivity index (χ3n) is 2.66. The van der Waals surface area contributed by atoms with Gasteiger partial charge >= 0.3 is 0 Å². The molecule has 8 nitrogen and oxygen atoms in total. The summed E-state index contributed by atoms with van der Waals surface area (Å²) in [6.07, 6.45) is 2.90. The summed E-state index contributed by atoms with van der Waals surface area (Å²) in [5.41, 5.74) is 7.26. The average molecular weight is 262 g/mol. The molecule has 0 bridgehead atoms. The normalized spacial score (nSPS) is 11.6. The lowest BCUT2D eigenvalue weighted by molar-refractivity contribution is 0.318. The summed E-state index contributed by atoms with van der Waals surface area (Å²) < 4.78 is 7.38. The van der Waals surface area contributed by atoms with E-state index in [2.05, 4.69) is 20.2 Å². The molecule has 2 aromatic heterocycles. The van der Waals surface area contributed by atoms with Gasteiger partial charge in [-0.15, -0.1) is 0 Å². The second-order valence-corrected chi connectivity index (χ2v) is 3.92. The van der Waals surface area contributed by atoms with E-state index in [1.54, 1.807) is 4.68 Å². The number of hydrogen-bond donors (Lipinski definition) is 2. The van der Waals surface area contributed by atoms with Crippen molar-refractivity contribution in [3.05, 3.63) is 29.5 Å². The van der Waals surface area contributed by atoms with Gasteiger partial charge in [-0.25, -0.2) is 9.97 Å². The van der Waals surface area contributed by atoms with Crippen LogP contribution in [-0.2, 0) is 7.05 Å². The van der Waals surface area contributed by atoms with E-state index in [9.17, 15) is 0 Å². The first-order valence-corrected chi connectivity index (χ1v) is 5.51. The van der Waals surface area contributed by atoms with Crippen LogP contribution in [-0.4, -0.2) is 30.8 Å². The summed E-state index contributed by atoms with van der Waals surface area (Å²) in [7, 11) is 1.82. The molecule has 0 radical (unpaired) electrons. The standard InChI is InChI=1S/C11H14N6O2/c1-6-9(7(2)17(3)15-6)19-11-8(10(12)16-18)13-4-5-14-11/h4-5,18H,1-3H3,(H2,12,16). The highest BCUT2D eigenvalue weighted by atomic mass is 16.5. The molecule has 100 valence electrons. The van der Waals surface area contributed by atoms with Crippen LogP contribution in [0.5, 0.6) is 11.6 Å². The highest BCUT2D eigenvalue weighted by molar-refractivity contribution is 5.97. The van der Waals surface area contributed by atoms with Gasteiger partial charge in [-0.05, 0) is 13.8 Å². The first kappa shape index (κ1) is 12.8. The Kier molecular flexibility index (Phi) is 3.32. The maximum absolute atomic E-state index is 8.72. The van der Waals surface area contributed by atoms with Crippen LogP contribution in [0, 0.1) is 13.8 Å². The van der Waals surface area contributed by atoms with Crippen LogP contribution in [0.4, 0.5) is 0 Å². The Morgan fingerprint density at radius 1 is 1.37 bits per heavy atom. The molecule has 8 heteroatoms. The number of rotatable bonds is 3. The molecule has 2 rings (SSSR count). The van der Waals surface area contributed by atoms with Gasteiger partial charge in [-0.3, -0.25) is 4.68 Å². The monoisotopic (exact) mass is 262 g/mol. The number of nitrogens with zero attached hydrogens (tertiary/aromatic N) is 5. The quantitative estimate of drug-likeness (QED) is 0.365. The Balaban J connectivity index is 2.44. The van der Waals surface area contributed by atoms with Crippen molar-refractivity contribution in [1.82, 2.24) is 19.7 Å². The zero-order valence-corrected chi connectivity index (χ0v) is 10.8. The molecule has 2 heterocycles. The fourth-order valence-corrected chi connectivity index (χ4v) is 1.62. The van der Waals surface area contributed by atoms with Gasteiger partial charge in [0, 0.05) is 19.4 Å². The highest BCUT2D eigenvalue weighted by Gasteiger charge is 2.17. The Morgan fingerprint density at radius 3 is 2.63 bits per heavy atom. The number of aromatic nitrogens is 4. The first-order chi connectivity index (χ1) is 9.04. The SMILES string of the molecule is Cc1nn(C)c(C)c1Oc1nccnc1C(N)=NO. The molecule has 2 aromatic rings. The van der Waals surface area contributed by atoms with Gasteiger partial charge in [0.15, 0.2) is 17.3 Å². The summed E-state index contributed by atoms with van der Waals surface area (Å²) in [6.45, 7) is 3.69. The third kappa shape index (κ3) is 2.32. The third-order valence-corrected chi connectivity index (χ3v) is 2.66. The van der Waals surface area contributed by atoms with Crippen molar-refractivity contribution < 1.29 is 9.94 Å². The van der Waals surface area contributed by atoms with Crippen LogP contribution in [0.25, 0.3) is 0 Å². The average Bonchev–Trinajstić information content (AvgIpc) is 2.65. The lowest BCUT2D eigenvalue weighted by Gasteiger charge is -2.08. The van der Waals surface area contributed by atoms with Gasteiger partial charge in [-0.2, -0.15) is 5.10 Å². The molecule has 0 unspecified atom stereocenters. The number of hydrogen-bond acceptors (Lipinski definition) is 6. The van der Waals surface area contributed by atoms with E-state index in [0.29, 0.717) is 5.75 Å². The predicted molar refractivity (Wildman–Crippen MR) is 67.3 cm³/mol. The van der Waals surface area contributed by atoms with Crippen LogP contribution >= 0.6 is 0 Å².